The maximum atomic E-state index is 14.3. The molecule has 1 aromatic rings. The summed E-state index contributed by atoms with van der Waals surface area (Å²) in [4.78, 5) is 42.5. The molecule has 0 heterocycles. The van der Waals surface area contributed by atoms with Gasteiger partial charge >= 0.3 is 0 Å². The monoisotopic (exact) mass is 434 g/mol. The van der Waals surface area contributed by atoms with Crippen LogP contribution in [0.5, 0.6) is 0 Å². The Morgan fingerprint density at radius 3 is 2.31 bits per heavy atom. The lowest BCUT2D eigenvalue weighted by Gasteiger charge is -2.60. The van der Waals surface area contributed by atoms with E-state index in [2.05, 4.69) is 19.7 Å². The van der Waals surface area contributed by atoms with Gasteiger partial charge in [0.05, 0.1) is 11.5 Å². The lowest BCUT2D eigenvalue weighted by Crippen LogP contribution is -2.70. The Kier molecular flexibility index (Phi) is 6.00. The molecule has 5 nitrogen and oxygen atoms in total. The van der Waals surface area contributed by atoms with Gasteiger partial charge in [-0.05, 0) is 30.6 Å². The van der Waals surface area contributed by atoms with Crippen molar-refractivity contribution in [3.63, 3.8) is 0 Å². The summed E-state index contributed by atoms with van der Waals surface area (Å²) < 4.78 is 0. The van der Waals surface area contributed by atoms with Crippen LogP contribution in [0.25, 0.3) is 0 Å². The zero-order chi connectivity index (χ0) is 23.9. The zero-order valence-corrected chi connectivity index (χ0v) is 18.6. The van der Waals surface area contributed by atoms with Crippen molar-refractivity contribution in [2.24, 2.45) is 22.2 Å². The topological polar surface area (TPSA) is 91.7 Å². The van der Waals surface area contributed by atoms with E-state index in [0.717, 1.165) is 0 Å². The van der Waals surface area contributed by atoms with E-state index in [-0.39, 0.29) is 36.2 Å². The molecule has 32 heavy (non-hydrogen) atoms. The molecule has 4 atom stereocenters. The van der Waals surface area contributed by atoms with E-state index in [1.54, 1.807) is 44.2 Å². The minimum atomic E-state index is -2.12. The second-order valence-corrected chi connectivity index (χ2v) is 9.26. The lowest BCUT2D eigenvalue weighted by molar-refractivity contribution is -0.169. The summed E-state index contributed by atoms with van der Waals surface area (Å²) in [7, 11) is 0. The number of benzene rings is 1. The first-order valence-electron chi connectivity index (χ1n) is 10.7. The summed E-state index contributed by atoms with van der Waals surface area (Å²) in [5.41, 5.74) is -4.68. The van der Waals surface area contributed by atoms with Crippen molar-refractivity contribution in [1.82, 2.24) is 0 Å². The van der Waals surface area contributed by atoms with Gasteiger partial charge in [0.1, 0.15) is 5.76 Å². The molecular weight excluding hydrogens is 404 g/mol. The number of hydrogen-bond donors (Lipinski definition) is 2. The number of carbonyl (C=O) groups excluding carboxylic acids is 3. The molecule has 5 heteroatoms. The summed E-state index contributed by atoms with van der Waals surface area (Å²) in [5, 5.41) is 22.1. The van der Waals surface area contributed by atoms with Gasteiger partial charge in [-0.1, -0.05) is 62.4 Å². The maximum Gasteiger partial charge on any atom is 0.184 e. The van der Waals surface area contributed by atoms with Gasteiger partial charge in [0.2, 0.25) is 0 Å². The van der Waals surface area contributed by atoms with Crippen molar-refractivity contribution < 1.29 is 24.6 Å². The molecule has 2 aliphatic rings. The Morgan fingerprint density at radius 2 is 1.78 bits per heavy atom. The fraction of sp³-hybridized carbons (Fsp3) is 0.370. The van der Waals surface area contributed by atoms with E-state index in [4.69, 9.17) is 0 Å². The number of Topliss-reactive ketones (excluding diaryl/α,β-unsaturated/α-hetero) is 3. The van der Waals surface area contributed by atoms with Gasteiger partial charge in [-0.3, -0.25) is 14.4 Å². The number of rotatable bonds is 8. The van der Waals surface area contributed by atoms with Gasteiger partial charge in [-0.2, -0.15) is 0 Å². The highest BCUT2D eigenvalue weighted by atomic mass is 16.3. The number of aliphatic hydroxyl groups excluding tert-OH is 2. The maximum absolute atomic E-state index is 14.3. The van der Waals surface area contributed by atoms with Gasteiger partial charge in [0.15, 0.2) is 22.8 Å². The summed E-state index contributed by atoms with van der Waals surface area (Å²) >= 11 is 0. The second-order valence-electron chi connectivity index (χ2n) is 9.26. The lowest BCUT2D eigenvalue weighted by atomic mass is 9.39. The average molecular weight is 435 g/mol. The first-order chi connectivity index (χ1) is 15.1. The molecule has 168 valence electrons. The summed E-state index contributed by atoms with van der Waals surface area (Å²) in [6, 6.07) is 8.22. The first-order valence-corrected chi connectivity index (χ1v) is 10.7. The summed E-state index contributed by atoms with van der Waals surface area (Å²) in [6.45, 7) is 14.5. The smallest absolute Gasteiger partial charge is 0.184 e. The predicted molar refractivity (Wildman–Crippen MR) is 123 cm³/mol. The van der Waals surface area contributed by atoms with Gasteiger partial charge in [-0.25, -0.2) is 0 Å². The van der Waals surface area contributed by atoms with Gasteiger partial charge < -0.3 is 10.2 Å². The Bertz CT molecular complexity index is 1030. The van der Waals surface area contributed by atoms with Crippen LogP contribution >= 0.6 is 0 Å². The van der Waals surface area contributed by atoms with Crippen LogP contribution in [0.2, 0.25) is 0 Å². The van der Waals surface area contributed by atoms with Crippen molar-refractivity contribution >= 4 is 17.3 Å². The zero-order valence-electron chi connectivity index (χ0n) is 18.6. The van der Waals surface area contributed by atoms with Crippen molar-refractivity contribution in [1.29, 1.82) is 0 Å². The molecule has 2 N–H and O–H groups in total. The third-order valence-corrected chi connectivity index (χ3v) is 7.46. The Morgan fingerprint density at radius 1 is 1.16 bits per heavy atom. The molecule has 0 saturated heterocycles. The number of fused-ring (bicyclic) bond motifs is 2. The van der Waals surface area contributed by atoms with Crippen LogP contribution < -0.4 is 0 Å². The van der Waals surface area contributed by atoms with Crippen molar-refractivity contribution in [3.8, 4) is 0 Å². The molecule has 1 fully saturated rings. The molecule has 0 amide bonds. The molecule has 0 aliphatic heterocycles. The van der Waals surface area contributed by atoms with Crippen LogP contribution in [0, 0.1) is 22.2 Å². The highest BCUT2D eigenvalue weighted by molar-refractivity contribution is 6.36. The predicted octanol–water partition coefficient (Wildman–Crippen LogP) is 4.55. The van der Waals surface area contributed by atoms with Crippen LogP contribution in [-0.4, -0.2) is 33.7 Å². The van der Waals surface area contributed by atoms with Crippen LogP contribution in [-0.2, 0) is 9.59 Å². The van der Waals surface area contributed by atoms with Crippen LogP contribution in [0.15, 0.2) is 79.6 Å². The van der Waals surface area contributed by atoms with Crippen LogP contribution in [0.3, 0.4) is 0 Å². The average Bonchev–Trinajstić information content (AvgIpc) is 2.78. The standard InChI is InChI=1S/C27H30O5/c1-6-12-18-22(30)26(15-7-2)16-19(20(28)8-3)25(4,5)27(23(18)31,24(26)32)21(29)17-13-10-9-11-14-17/h6-11,13-14,19-20,28,30H,1-3,12,15-16H2,4-5H3/t19-,20?,26+,27-/m0/s1. The molecule has 0 spiro atoms. The van der Waals surface area contributed by atoms with Gasteiger partial charge in [0, 0.05) is 11.1 Å². The number of allylic oxidation sites excluding steroid dienone is 4. The van der Waals surface area contributed by atoms with E-state index in [1.807, 2.05) is 0 Å². The van der Waals surface area contributed by atoms with Gasteiger partial charge in [0.25, 0.3) is 0 Å². The first kappa shape index (κ1) is 23.6. The third kappa shape index (κ3) is 2.84. The SMILES string of the molecule is C=CCC1=C(O)[C@@]2(CC=C)C[C@@H](C(O)C=C)C(C)(C)[C@@](C(=O)c3ccccc3)(C1=O)C2=O. The molecule has 2 aliphatic carbocycles. The second kappa shape index (κ2) is 8.14. The molecule has 0 radical (unpaired) electrons. The number of ketones is 3. The summed E-state index contributed by atoms with van der Waals surface area (Å²) in [5.74, 6) is -3.02. The van der Waals surface area contributed by atoms with Crippen LogP contribution in [0.4, 0.5) is 0 Å². The highest BCUT2D eigenvalue weighted by Crippen LogP contribution is 2.65. The molecule has 2 bridgehead atoms. The minimum absolute atomic E-state index is 0.0188. The fourth-order valence-electron chi connectivity index (χ4n) is 5.75. The Balaban J connectivity index is 2.48. The van der Waals surface area contributed by atoms with Crippen molar-refractivity contribution in [2.45, 2.75) is 39.2 Å². The largest absolute Gasteiger partial charge is 0.511 e. The molecule has 1 unspecified atom stereocenters. The fourth-order valence-corrected chi connectivity index (χ4v) is 5.75. The third-order valence-electron chi connectivity index (χ3n) is 7.46. The number of hydrogen-bond acceptors (Lipinski definition) is 5. The van der Waals surface area contributed by atoms with Gasteiger partial charge in [-0.15, -0.1) is 19.7 Å². The Hall–Kier alpha value is -3.05. The van der Waals surface area contributed by atoms with E-state index in [1.165, 1.54) is 18.2 Å². The van der Waals surface area contributed by atoms with E-state index < -0.39 is 45.6 Å². The molecule has 1 aromatic carbocycles. The Labute approximate surface area is 188 Å². The number of aliphatic hydroxyl groups is 2. The quantitative estimate of drug-likeness (QED) is 0.356. The minimum Gasteiger partial charge on any atom is -0.511 e. The van der Waals surface area contributed by atoms with E-state index in [9.17, 15) is 24.6 Å². The summed E-state index contributed by atoms with van der Waals surface area (Å²) in [6.07, 6.45) is 3.34. The normalized spacial score (nSPS) is 29.9. The molecule has 0 aromatic heterocycles. The number of carbonyl (C=O) groups is 3. The van der Waals surface area contributed by atoms with Crippen LogP contribution in [0.1, 0.15) is 43.5 Å². The molecule has 3 rings (SSSR count). The van der Waals surface area contributed by atoms with Crippen molar-refractivity contribution in [3.05, 3.63) is 85.2 Å². The van der Waals surface area contributed by atoms with E-state index in [0.29, 0.717) is 0 Å². The highest BCUT2D eigenvalue weighted by Gasteiger charge is 2.75. The van der Waals surface area contributed by atoms with Crippen molar-refractivity contribution in [2.75, 3.05) is 0 Å². The molecular formula is C27H30O5. The molecule has 1 saturated carbocycles. The van der Waals surface area contributed by atoms with E-state index >= 15 is 0 Å².